The Morgan fingerprint density at radius 1 is 1.12 bits per heavy atom. The van der Waals surface area contributed by atoms with Gasteiger partial charge in [0.25, 0.3) is 0 Å². The number of imidazole rings is 1. The molecule has 1 amide bonds. The maximum atomic E-state index is 13.9. The lowest BCUT2D eigenvalue weighted by atomic mass is 9.86. The lowest BCUT2D eigenvalue weighted by molar-refractivity contribution is -0.119. The molecular weight excluding hydrogens is 539 g/mol. The molecule has 214 valence electrons. The number of hydrogen-bond acceptors (Lipinski definition) is 4. The minimum absolute atomic E-state index is 0.00626. The maximum Gasteiger partial charge on any atom is 0.241 e. The Balaban J connectivity index is 1.49. The van der Waals surface area contributed by atoms with Crippen LogP contribution in [0.15, 0.2) is 90.1 Å². The topological polar surface area (TPSA) is 84.3 Å². The van der Waals surface area contributed by atoms with Crippen LogP contribution in [0.2, 0.25) is 0 Å². The van der Waals surface area contributed by atoms with Gasteiger partial charge in [-0.2, -0.15) is 0 Å². The van der Waals surface area contributed by atoms with Gasteiger partial charge < -0.3 is 9.47 Å². The van der Waals surface area contributed by atoms with Crippen molar-refractivity contribution < 1.29 is 17.6 Å². The normalized spacial score (nSPS) is 16.8. The van der Waals surface area contributed by atoms with E-state index < -0.39 is 21.9 Å². The molecule has 4 aromatic rings. The van der Waals surface area contributed by atoms with Crippen molar-refractivity contribution in [2.24, 2.45) is 7.05 Å². The molecule has 0 saturated heterocycles. The van der Waals surface area contributed by atoms with E-state index in [0.717, 1.165) is 28.6 Å². The van der Waals surface area contributed by atoms with Crippen molar-refractivity contribution >= 4 is 21.6 Å². The summed E-state index contributed by atoms with van der Waals surface area (Å²) in [6, 6.07) is 20.2. The van der Waals surface area contributed by atoms with Gasteiger partial charge in [-0.25, -0.2) is 22.5 Å². The molecule has 0 fully saturated rings. The second-order valence-corrected chi connectivity index (χ2v) is 13.2. The fourth-order valence-electron chi connectivity index (χ4n) is 5.63. The van der Waals surface area contributed by atoms with E-state index in [4.69, 9.17) is 0 Å². The highest BCUT2D eigenvalue weighted by atomic mass is 32.2. The number of hydrogen-bond donors (Lipinski definition) is 1. The van der Waals surface area contributed by atoms with Gasteiger partial charge >= 0.3 is 0 Å². The summed E-state index contributed by atoms with van der Waals surface area (Å²) >= 11 is 0. The summed E-state index contributed by atoms with van der Waals surface area (Å²) in [6.07, 6.45) is 4.37. The molecule has 1 heterocycles. The van der Waals surface area contributed by atoms with Crippen molar-refractivity contribution in [3.05, 3.63) is 114 Å². The molecule has 0 unspecified atom stereocenters. The Kier molecular flexibility index (Phi) is 7.85. The molecule has 0 bridgehead atoms. The molecule has 1 aromatic heterocycles. The predicted molar refractivity (Wildman–Crippen MR) is 157 cm³/mol. The molecule has 0 radical (unpaired) electrons. The van der Waals surface area contributed by atoms with Crippen molar-refractivity contribution in [2.45, 2.75) is 62.4 Å². The highest BCUT2D eigenvalue weighted by Gasteiger charge is 2.39. The quantitative estimate of drug-likeness (QED) is 0.266. The lowest BCUT2D eigenvalue weighted by Crippen LogP contribution is -2.32. The number of sulfonamides is 1. The Hall–Kier alpha value is -3.82. The van der Waals surface area contributed by atoms with E-state index in [1.165, 1.54) is 18.2 Å². The molecule has 9 heteroatoms. The number of fused-ring (bicyclic) bond motifs is 1. The lowest BCUT2D eigenvalue weighted by Gasteiger charge is -2.26. The Morgan fingerprint density at radius 2 is 1.88 bits per heavy atom. The van der Waals surface area contributed by atoms with Gasteiger partial charge in [0.2, 0.25) is 15.9 Å². The summed E-state index contributed by atoms with van der Waals surface area (Å²) < 4.78 is 45.0. The number of halogens is 1. The van der Waals surface area contributed by atoms with E-state index in [1.807, 2.05) is 73.3 Å². The fraction of sp³-hybridized carbons (Fsp3) is 0.312. The Morgan fingerprint density at radius 3 is 2.56 bits per heavy atom. The van der Waals surface area contributed by atoms with E-state index in [9.17, 15) is 17.6 Å². The van der Waals surface area contributed by atoms with Gasteiger partial charge in [-0.15, -0.1) is 0 Å². The number of carbonyl (C=O) groups excluding carboxylic acids is 1. The van der Waals surface area contributed by atoms with Crippen molar-refractivity contribution in [1.82, 2.24) is 14.3 Å². The zero-order valence-corrected chi connectivity index (χ0v) is 24.5. The first-order chi connectivity index (χ1) is 19.4. The second-order valence-electron chi connectivity index (χ2n) is 11.4. The average Bonchev–Trinajstić information content (AvgIpc) is 3.45. The second kappa shape index (κ2) is 11.2. The first kappa shape index (κ1) is 28.7. The van der Waals surface area contributed by atoms with Gasteiger partial charge in [-0.05, 0) is 64.8 Å². The summed E-state index contributed by atoms with van der Waals surface area (Å²) in [5.41, 5.74) is 3.26. The van der Waals surface area contributed by atoms with Crippen LogP contribution in [-0.4, -0.2) is 23.9 Å². The molecule has 0 aliphatic heterocycles. The van der Waals surface area contributed by atoms with Crippen LogP contribution in [0.1, 0.15) is 68.1 Å². The third-order valence-corrected chi connectivity index (χ3v) is 9.41. The zero-order chi connectivity index (χ0) is 29.4. The predicted octanol–water partition coefficient (Wildman–Crippen LogP) is 5.99. The van der Waals surface area contributed by atoms with Crippen LogP contribution in [-0.2, 0) is 33.8 Å². The first-order valence-electron chi connectivity index (χ1n) is 13.7. The molecule has 7 nitrogen and oxygen atoms in total. The number of carbonyl (C=O) groups is 1. The van der Waals surface area contributed by atoms with E-state index in [0.29, 0.717) is 18.5 Å². The Bertz CT molecular complexity index is 1670. The summed E-state index contributed by atoms with van der Waals surface area (Å²) in [7, 11) is -2.10. The van der Waals surface area contributed by atoms with Crippen LogP contribution in [0, 0.1) is 5.82 Å². The van der Waals surface area contributed by atoms with Crippen molar-refractivity contribution in [1.29, 1.82) is 0 Å². The third-order valence-electron chi connectivity index (χ3n) is 7.94. The molecule has 1 aliphatic carbocycles. The van der Waals surface area contributed by atoms with E-state index >= 15 is 0 Å². The van der Waals surface area contributed by atoms with E-state index in [-0.39, 0.29) is 28.7 Å². The van der Waals surface area contributed by atoms with Crippen LogP contribution < -0.4 is 9.62 Å². The SMILES string of the molecule is C[C@@H](CC(=O)N(Cc1nccn1C)c1ccc2c(c1)[C@H](NS(=O)(=O)c1cccc(F)c1)CC2(C)C)c1ccccc1. The van der Waals surface area contributed by atoms with Crippen LogP contribution in [0.3, 0.4) is 0 Å². The minimum Gasteiger partial charge on any atom is -0.337 e. The molecule has 5 rings (SSSR count). The van der Waals surface area contributed by atoms with Gasteiger partial charge in [-0.1, -0.05) is 63.2 Å². The molecule has 3 aromatic carbocycles. The van der Waals surface area contributed by atoms with Gasteiger partial charge in [0.15, 0.2) is 0 Å². The fourth-order valence-corrected chi connectivity index (χ4v) is 6.88. The maximum absolute atomic E-state index is 13.9. The van der Waals surface area contributed by atoms with Gasteiger partial charge in [0.05, 0.1) is 11.4 Å². The number of benzene rings is 3. The summed E-state index contributed by atoms with van der Waals surface area (Å²) in [4.78, 5) is 19.9. The van der Waals surface area contributed by atoms with E-state index in [2.05, 4.69) is 23.6 Å². The minimum atomic E-state index is -3.99. The smallest absolute Gasteiger partial charge is 0.241 e. The van der Waals surface area contributed by atoms with Crippen LogP contribution in [0.5, 0.6) is 0 Å². The highest BCUT2D eigenvalue weighted by Crippen LogP contribution is 2.46. The number of nitrogens with zero attached hydrogens (tertiary/aromatic N) is 3. The standard InChI is InChI=1S/C32H35FN4O3S/c1-22(23-9-6-5-7-10-23)17-31(38)37(21-30-34-15-16-36(30)4)25-13-14-28-27(19-25)29(20-32(28,2)3)35-41(39,40)26-12-8-11-24(33)18-26/h5-16,18-19,22,29,35H,17,20-21H2,1-4H3/t22-,29+/m0/s1. The van der Waals surface area contributed by atoms with Crippen molar-refractivity contribution in [3.8, 4) is 0 Å². The Labute approximate surface area is 241 Å². The highest BCUT2D eigenvalue weighted by molar-refractivity contribution is 7.89. The number of anilines is 1. The number of amides is 1. The summed E-state index contributed by atoms with van der Waals surface area (Å²) in [5.74, 6) is 0.0654. The number of aryl methyl sites for hydroxylation is 1. The van der Waals surface area contributed by atoms with Crippen molar-refractivity contribution in [3.63, 3.8) is 0 Å². The monoisotopic (exact) mass is 574 g/mol. The number of rotatable bonds is 9. The van der Waals surface area contributed by atoms with Crippen LogP contribution in [0.25, 0.3) is 0 Å². The molecule has 0 spiro atoms. The van der Waals surface area contributed by atoms with E-state index in [1.54, 1.807) is 11.1 Å². The zero-order valence-electron chi connectivity index (χ0n) is 23.7. The van der Waals surface area contributed by atoms with Crippen molar-refractivity contribution in [2.75, 3.05) is 4.90 Å². The number of aromatic nitrogens is 2. The van der Waals surface area contributed by atoms with Gasteiger partial charge in [0.1, 0.15) is 11.6 Å². The van der Waals surface area contributed by atoms with Crippen LogP contribution in [0.4, 0.5) is 10.1 Å². The third kappa shape index (κ3) is 6.11. The molecule has 41 heavy (non-hydrogen) atoms. The average molecular weight is 575 g/mol. The van der Waals surface area contributed by atoms with Gasteiger partial charge in [-0.3, -0.25) is 4.79 Å². The molecule has 2 atom stereocenters. The summed E-state index contributed by atoms with van der Waals surface area (Å²) in [6.45, 7) is 6.45. The molecule has 0 saturated carbocycles. The van der Waals surface area contributed by atoms with Gasteiger partial charge in [0, 0.05) is 37.6 Å². The largest absolute Gasteiger partial charge is 0.337 e. The summed E-state index contributed by atoms with van der Waals surface area (Å²) in [5, 5.41) is 0. The molecule has 1 N–H and O–H groups in total. The van der Waals surface area contributed by atoms with Crippen LogP contribution >= 0.6 is 0 Å². The molecule has 1 aliphatic rings. The number of nitrogens with one attached hydrogen (secondary N) is 1. The molecular formula is C32H35FN4O3S. The first-order valence-corrected chi connectivity index (χ1v) is 15.2.